The second-order valence-corrected chi connectivity index (χ2v) is 7.36. The van der Waals surface area contributed by atoms with Crippen molar-refractivity contribution in [3.8, 4) is 10.6 Å². The first kappa shape index (κ1) is 16.0. The number of piperidine rings is 1. The Kier molecular flexibility index (Phi) is 4.12. The molecule has 1 atom stereocenters. The van der Waals surface area contributed by atoms with E-state index >= 15 is 0 Å². The van der Waals surface area contributed by atoms with E-state index in [1.807, 2.05) is 30.4 Å². The molecule has 4 rings (SSSR count). The molecule has 0 radical (unpaired) electrons. The number of carbonyl (C=O) groups is 1. The molecule has 3 aromatic rings. The highest BCUT2D eigenvalue weighted by atomic mass is 32.1. The number of likely N-dealkylation sites (tertiary alicyclic amines) is 1. The van der Waals surface area contributed by atoms with Crippen LogP contribution in [-0.4, -0.2) is 48.9 Å². The number of nitrogens with one attached hydrogen (secondary N) is 1. The van der Waals surface area contributed by atoms with Crippen LogP contribution in [-0.2, 0) is 7.05 Å². The summed E-state index contributed by atoms with van der Waals surface area (Å²) >= 11 is 1.48. The summed E-state index contributed by atoms with van der Waals surface area (Å²) < 4.78 is 1.74. The molecule has 1 N–H and O–H groups in total. The summed E-state index contributed by atoms with van der Waals surface area (Å²) in [6.07, 6.45) is 5.72. The first-order chi connectivity index (χ1) is 12.1. The predicted octanol–water partition coefficient (Wildman–Crippen LogP) is 2.59. The third-order valence-corrected chi connectivity index (χ3v) is 5.42. The molecule has 8 heteroatoms. The molecule has 1 fully saturated rings. The van der Waals surface area contributed by atoms with Crippen LogP contribution in [0.1, 0.15) is 40.6 Å². The second kappa shape index (κ2) is 6.44. The van der Waals surface area contributed by atoms with Gasteiger partial charge in [0.25, 0.3) is 5.91 Å². The summed E-state index contributed by atoms with van der Waals surface area (Å²) in [7, 11) is 1.87. The van der Waals surface area contributed by atoms with E-state index in [2.05, 4.69) is 26.3 Å². The smallest absolute Gasteiger partial charge is 0.273 e. The molecule has 1 aliphatic rings. The van der Waals surface area contributed by atoms with Crippen LogP contribution >= 0.6 is 11.3 Å². The number of aromatic amines is 1. The van der Waals surface area contributed by atoms with Gasteiger partial charge >= 0.3 is 0 Å². The summed E-state index contributed by atoms with van der Waals surface area (Å²) in [5.74, 6) is 0.294. The Hall–Kier alpha value is -2.48. The minimum absolute atomic E-state index is 0.00310. The lowest BCUT2D eigenvalue weighted by Gasteiger charge is -2.31. The fraction of sp³-hybridized carbons (Fsp3) is 0.412. The van der Waals surface area contributed by atoms with Crippen molar-refractivity contribution in [3.05, 3.63) is 40.9 Å². The fourth-order valence-electron chi connectivity index (χ4n) is 3.25. The lowest BCUT2D eigenvalue weighted by Crippen LogP contribution is -2.39. The highest BCUT2D eigenvalue weighted by molar-refractivity contribution is 7.13. The maximum absolute atomic E-state index is 12.9. The van der Waals surface area contributed by atoms with Crippen molar-refractivity contribution >= 4 is 17.2 Å². The molecule has 7 nitrogen and oxygen atoms in total. The molecule has 1 amide bonds. The molecular weight excluding hydrogens is 336 g/mol. The average molecular weight is 356 g/mol. The van der Waals surface area contributed by atoms with Gasteiger partial charge in [-0.15, -0.1) is 11.3 Å². The SMILES string of the molecule is Cc1cc(C2CCCN(C(=O)c3csc(-c4cnn(C)c4)n3)C2)n[nH]1. The van der Waals surface area contributed by atoms with Crippen LogP contribution in [0.25, 0.3) is 10.6 Å². The monoisotopic (exact) mass is 356 g/mol. The maximum Gasteiger partial charge on any atom is 0.273 e. The van der Waals surface area contributed by atoms with Gasteiger partial charge in [0.15, 0.2) is 0 Å². The largest absolute Gasteiger partial charge is 0.337 e. The molecule has 0 spiro atoms. The minimum Gasteiger partial charge on any atom is -0.337 e. The molecule has 0 aliphatic carbocycles. The van der Waals surface area contributed by atoms with E-state index in [0.29, 0.717) is 18.2 Å². The van der Waals surface area contributed by atoms with Crippen molar-refractivity contribution < 1.29 is 4.79 Å². The van der Waals surface area contributed by atoms with Gasteiger partial charge in [-0.1, -0.05) is 0 Å². The fourth-order valence-corrected chi connectivity index (χ4v) is 4.02. The molecule has 1 aliphatic heterocycles. The van der Waals surface area contributed by atoms with E-state index in [4.69, 9.17) is 0 Å². The molecule has 4 heterocycles. The van der Waals surface area contributed by atoms with Crippen molar-refractivity contribution in [1.29, 1.82) is 0 Å². The molecule has 3 aromatic heterocycles. The zero-order chi connectivity index (χ0) is 17.4. The molecule has 25 heavy (non-hydrogen) atoms. The molecular formula is C17H20N6OS. The van der Waals surface area contributed by atoms with E-state index < -0.39 is 0 Å². The van der Waals surface area contributed by atoms with Gasteiger partial charge in [-0.05, 0) is 25.8 Å². The van der Waals surface area contributed by atoms with Crippen LogP contribution in [0.4, 0.5) is 0 Å². The van der Waals surface area contributed by atoms with Crippen molar-refractivity contribution in [3.63, 3.8) is 0 Å². The summed E-state index contributed by atoms with van der Waals surface area (Å²) in [4.78, 5) is 19.3. The molecule has 130 valence electrons. The zero-order valence-electron chi connectivity index (χ0n) is 14.3. The Balaban J connectivity index is 1.49. The van der Waals surface area contributed by atoms with Crippen LogP contribution < -0.4 is 0 Å². The number of nitrogens with zero attached hydrogens (tertiary/aromatic N) is 5. The Morgan fingerprint density at radius 1 is 1.44 bits per heavy atom. The van der Waals surface area contributed by atoms with E-state index in [0.717, 1.165) is 41.3 Å². The number of H-pyrrole nitrogens is 1. The van der Waals surface area contributed by atoms with Gasteiger partial charge in [-0.3, -0.25) is 14.6 Å². The Morgan fingerprint density at radius 3 is 3.04 bits per heavy atom. The van der Waals surface area contributed by atoms with Gasteiger partial charge in [0, 0.05) is 48.9 Å². The van der Waals surface area contributed by atoms with E-state index in [9.17, 15) is 4.79 Å². The lowest BCUT2D eigenvalue weighted by molar-refractivity contribution is 0.0701. The Bertz CT molecular complexity index is 894. The summed E-state index contributed by atoms with van der Waals surface area (Å²) in [6, 6.07) is 2.07. The Labute approximate surface area is 149 Å². The lowest BCUT2D eigenvalue weighted by atomic mass is 9.94. The van der Waals surface area contributed by atoms with Crippen molar-refractivity contribution in [2.45, 2.75) is 25.7 Å². The van der Waals surface area contributed by atoms with E-state index in [1.54, 1.807) is 10.9 Å². The van der Waals surface area contributed by atoms with Crippen molar-refractivity contribution in [2.24, 2.45) is 7.05 Å². The van der Waals surface area contributed by atoms with Gasteiger partial charge in [-0.2, -0.15) is 10.2 Å². The molecule has 0 aromatic carbocycles. The summed E-state index contributed by atoms with van der Waals surface area (Å²) in [6.45, 7) is 3.47. The van der Waals surface area contributed by atoms with Crippen LogP contribution in [0.15, 0.2) is 23.8 Å². The van der Waals surface area contributed by atoms with Gasteiger partial charge in [-0.25, -0.2) is 4.98 Å². The average Bonchev–Trinajstić information content (AvgIpc) is 3.34. The molecule has 0 bridgehead atoms. The zero-order valence-corrected chi connectivity index (χ0v) is 15.1. The number of amides is 1. The number of hydrogen-bond acceptors (Lipinski definition) is 5. The Morgan fingerprint density at radius 2 is 2.32 bits per heavy atom. The number of aryl methyl sites for hydroxylation is 2. The van der Waals surface area contributed by atoms with E-state index in [1.165, 1.54) is 11.3 Å². The first-order valence-electron chi connectivity index (χ1n) is 8.36. The van der Waals surface area contributed by atoms with Gasteiger partial charge in [0.05, 0.1) is 11.9 Å². The number of carbonyl (C=O) groups excluding carboxylic acids is 1. The van der Waals surface area contributed by atoms with Gasteiger partial charge in [0.2, 0.25) is 0 Å². The van der Waals surface area contributed by atoms with Crippen LogP contribution in [0.3, 0.4) is 0 Å². The topological polar surface area (TPSA) is 79.7 Å². The predicted molar refractivity (Wildman–Crippen MR) is 95.5 cm³/mol. The van der Waals surface area contributed by atoms with Gasteiger partial charge in [0.1, 0.15) is 10.7 Å². The third-order valence-electron chi connectivity index (χ3n) is 4.53. The number of rotatable bonds is 3. The second-order valence-electron chi connectivity index (χ2n) is 6.51. The molecule has 1 saturated heterocycles. The first-order valence-corrected chi connectivity index (χ1v) is 9.24. The van der Waals surface area contributed by atoms with Gasteiger partial charge < -0.3 is 4.90 Å². The third kappa shape index (κ3) is 3.21. The summed E-state index contributed by atoms with van der Waals surface area (Å²) in [5, 5.41) is 14.2. The normalized spacial score (nSPS) is 17.8. The summed E-state index contributed by atoms with van der Waals surface area (Å²) in [5.41, 5.74) is 3.56. The van der Waals surface area contributed by atoms with Crippen molar-refractivity contribution in [1.82, 2.24) is 29.9 Å². The minimum atomic E-state index is 0.00310. The number of hydrogen-bond donors (Lipinski definition) is 1. The molecule has 1 unspecified atom stereocenters. The molecule has 0 saturated carbocycles. The van der Waals surface area contributed by atoms with Crippen LogP contribution in [0.5, 0.6) is 0 Å². The number of thiazole rings is 1. The highest BCUT2D eigenvalue weighted by Gasteiger charge is 2.28. The number of aromatic nitrogens is 5. The van der Waals surface area contributed by atoms with Crippen LogP contribution in [0, 0.1) is 6.92 Å². The standard InChI is InChI=1S/C17H20N6OS/c1-11-6-14(21-20-11)12-4-3-5-23(9-12)17(24)15-10-25-16(19-15)13-7-18-22(2)8-13/h6-8,10,12H,3-5,9H2,1-2H3,(H,20,21). The quantitative estimate of drug-likeness (QED) is 0.782. The van der Waals surface area contributed by atoms with Crippen molar-refractivity contribution in [2.75, 3.05) is 13.1 Å². The van der Waals surface area contributed by atoms with E-state index in [-0.39, 0.29) is 5.91 Å². The van der Waals surface area contributed by atoms with Crippen LogP contribution in [0.2, 0.25) is 0 Å². The highest BCUT2D eigenvalue weighted by Crippen LogP contribution is 2.28. The maximum atomic E-state index is 12.9.